The van der Waals surface area contributed by atoms with Crippen molar-refractivity contribution >= 4 is 33.5 Å². The maximum absolute atomic E-state index is 11.7. The van der Waals surface area contributed by atoms with Crippen molar-refractivity contribution in [3.05, 3.63) is 23.8 Å². The van der Waals surface area contributed by atoms with Gasteiger partial charge in [-0.1, -0.05) is 15.9 Å². The topological polar surface area (TPSA) is 75.6 Å². The van der Waals surface area contributed by atoms with Crippen LogP contribution in [0.4, 0.5) is 5.69 Å². The molecule has 0 bridgehead atoms. The molecule has 0 radical (unpaired) electrons. The number of nitrogens with one attached hydrogen (secondary N) is 1. The Kier molecular flexibility index (Phi) is 4.34. The Morgan fingerprint density at radius 2 is 2.00 bits per heavy atom. The van der Waals surface area contributed by atoms with E-state index in [9.17, 15) is 14.7 Å². The molecule has 0 unspecified atom stereocenters. The minimum Gasteiger partial charge on any atom is -0.507 e. The van der Waals surface area contributed by atoms with E-state index in [-0.39, 0.29) is 17.2 Å². The first kappa shape index (κ1) is 14.5. The first-order valence-electron chi connectivity index (χ1n) is 5.17. The van der Waals surface area contributed by atoms with Crippen LogP contribution in [0, 0.1) is 0 Å². The number of amides is 1. The summed E-state index contributed by atoms with van der Waals surface area (Å²) >= 11 is 3.22. The summed E-state index contributed by atoms with van der Waals surface area (Å²) in [4.78, 5) is 22.9. The molecule has 1 aromatic rings. The monoisotopic (exact) mass is 315 g/mol. The SMILES string of the molecule is COC(=O)c1ccc(NC(=O)C(C)(C)Br)cc1O. The van der Waals surface area contributed by atoms with Crippen molar-refractivity contribution < 1.29 is 19.4 Å². The number of carbonyl (C=O) groups excluding carboxylic acids is 2. The number of esters is 1. The van der Waals surface area contributed by atoms with Crippen molar-refractivity contribution in [1.82, 2.24) is 0 Å². The molecular formula is C12H14BrNO4. The molecule has 18 heavy (non-hydrogen) atoms. The van der Waals surface area contributed by atoms with Gasteiger partial charge in [-0.2, -0.15) is 0 Å². The molecule has 0 aliphatic carbocycles. The molecule has 0 saturated heterocycles. The standard InChI is InChI=1S/C12H14BrNO4/c1-12(2,13)11(17)14-7-4-5-8(9(15)6-7)10(16)18-3/h4-6,15H,1-3H3,(H,14,17). The molecule has 6 heteroatoms. The third kappa shape index (κ3) is 3.46. The number of benzene rings is 1. The van der Waals surface area contributed by atoms with Crippen LogP contribution in [0.3, 0.4) is 0 Å². The smallest absolute Gasteiger partial charge is 0.341 e. The Morgan fingerprint density at radius 1 is 1.39 bits per heavy atom. The summed E-state index contributed by atoms with van der Waals surface area (Å²) in [7, 11) is 1.23. The third-order valence-corrected chi connectivity index (χ3v) is 2.56. The lowest BCUT2D eigenvalue weighted by Gasteiger charge is -2.16. The molecule has 0 aliphatic rings. The largest absolute Gasteiger partial charge is 0.507 e. The molecule has 1 rings (SSSR count). The van der Waals surface area contributed by atoms with E-state index in [4.69, 9.17) is 0 Å². The van der Waals surface area contributed by atoms with Crippen LogP contribution in [0.1, 0.15) is 24.2 Å². The van der Waals surface area contributed by atoms with Gasteiger partial charge in [-0.3, -0.25) is 4.79 Å². The van der Waals surface area contributed by atoms with Gasteiger partial charge >= 0.3 is 5.97 Å². The minimum absolute atomic E-state index is 0.0496. The summed E-state index contributed by atoms with van der Waals surface area (Å²) in [5.74, 6) is -1.13. The number of hydrogen-bond donors (Lipinski definition) is 2. The van der Waals surface area contributed by atoms with Crippen LogP contribution in [0.5, 0.6) is 5.75 Å². The van der Waals surface area contributed by atoms with Crippen LogP contribution in [0.25, 0.3) is 0 Å². The quantitative estimate of drug-likeness (QED) is 0.663. The maximum atomic E-state index is 11.7. The Morgan fingerprint density at radius 3 is 2.44 bits per heavy atom. The summed E-state index contributed by atoms with van der Waals surface area (Å²) in [6.07, 6.45) is 0. The minimum atomic E-state index is -0.719. The van der Waals surface area contributed by atoms with Crippen molar-refractivity contribution in [2.24, 2.45) is 0 Å². The van der Waals surface area contributed by atoms with Crippen LogP contribution in [0.15, 0.2) is 18.2 Å². The summed E-state index contributed by atoms with van der Waals surface area (Å²) < 4.78 is 3.78. The van der Waals surface area contributed by atoms with E-state index in [1.54, 1.807) is 13.8 Å². The van der Waals surface area contributed by atoms with E-state index in [1.807, 2.05) is 0 Å². The fraction of sp³-hybridized carbons (Fsp3) is 0.333. The summed E-state index contributed by atoms with van der Waals surface area (Å²) in [5.41, 5.74) is 0.450. The molecule has 1 amide bonds. The van der Waals surface area contributed by atoms with Gasteiger partial charge in [-0.25, -0.2) is 4.79 Å². The lowest BCUT2D eigenvalue weighted by atomic mass is 10.1. The first-order chi connectivity index (χ1) is 8.25. The molecule has 5 nitrogen and oxygen atoms in total. The number of phenols is 1. The highest BCUT2D eigenvalue weighted by Crippen LogP contribution is 2.24. The molecule has 0 saturated carbocycles. The van der Waals surface area contributed by atoms with Crippen molar-refractivity contribution in [2.75, 3.05) is 12.4 Å². The second-order valence-electron chi connectivity index (χ2n) is 4.15. The van der Waals surface area contributed by atoms with Crippen molar-refractivity contribution in [1.29, 1.82) is 0 Å². The van der Waals surface area contributed by atoms with Gasteiger partial charge in [0.1, 0.15) is 11.3 Å². The molecule has 0 heterocycles. The normalized spacial score (nSPS) is 10.9. The zero-order chi connectivity index (χ0) is 13.9. The molecule has 1 aromatic carbocycles. The van der Waals surface area contributed by atoms with Gasteiger partial charge in [0.05, 0.1) is 11.4 Å². The van der Waals surface area contributed by atoms with E-state index in [2.05, 4.69) is 26.0 Å². The second-order valence-corrected chi connectivity index (χ2v) is 6.13. The van der Waals surface area contributed by atoms with E-state index < -0.39 is 10.3 Å². The number of alkyl halides is 1. The van der Waals surface area contributed by atoms with Gasteiger partial charge in [-0.15, -0.1) is 0 Å². The third-order valence-electron chi connectivity index (χ3n) is 2.20. The van der Waals surface area contributed by atoms with Gasteiger partial charge in [0, 0.05) is 11.8 Å². The van der Waals surface area contributed by atoms with Gasteiger partial charge in [-0.05, 0) is 26.0 Å². The van der Waals surface area contributed by atoms with Crippen LogP contribution >= 0.6 is 15.9 Å². The Labute approximate surface area is 113 Å². The Balaban J connectivity index is 2.92. The first-order valence-corrected chi connectivity index (χ1v) is 5.96. The van der Waals surface area contributed by atoms with Crippen LogP contribution in [0.2, 0.25) is 0 Å². The van der Waals surface area contributed by atoms with Gasteiger partial charge in [0.25, 0.3) is 0 Å². The zero-order valence-electron chi connectivity index (χ0n) is 10.3. The average Bonchev–Trinajstić information content (AvgIpc) is 2.27. The number of hydrogen-bond acceptors (Lipinski definition) is 4. The second kappa shape index (κ2) is 5.39. The number of methoxy groups -OCH3 is 1. The van der Waals surface area contributed by atoms with Gasteiger partial charge < -0.3 is 15.2 Å². The summed E-state index contributed by atoms with van der Waals surface area (Å²) in [6.45, 7) is 3.40. The summed E-state index contributed by atoms with van der Waals surface area (Å²) in [6, 6.07) is 4.20. The van der Waals surface area contributed by atoms with Gasteiger partial charge in [0.2, 0.25) is 5.91 Å². The highest BCUT2D eigenvalue weighted by Gasteiger charge is 2.24. The zero-order valence-corrected chi connectivity index (χ0v) is 11.9. The van der Waals surface area contributed by atoms with E-state index in [1.165, 1.54) is 25.3 Å². The number of ether oxygens (including phenoxy) is 1. The molecule has 0 fully saturated rings. The lowest BCUT2D eigenvalue weighted by Crippen LogP contribution is -2.30. The predicted molar refractivity (Wildman–Crippen MR) is 71.1 cm³/mol. The molecule has 0 spiro atoms. The number of carbonyl (C=O) groups is 2. The van der Waals surface area contributed by atoms with Crippen LogP contribution in [-0.2, 0) is 9.53 Å². The molecule has 0 aliphatic heterocycles. The van der Waals surface area contributed by atoms with E-state index in [0.29, 0.717) is 5.69 Å². The van der Waals surface area contributed by atoms with Crippen molar-refractivity contribution in [3.63, 3.8) is 0 Å². The number of anilines is 1. The van der Waals surface area contributed by atoms with Crippen LogP contribution in [-0.4, -0.2) is 28.4 Å². The average molecular weight is 316 g/mol. The number of halogens is 1. The molecular weight excluding hydrogens is 302 g/mol. The van der Waals surface area contributed by atoms with Crippen molar-refractivity contribution in [3.8, 4) is 5.75 Å². The number of rotatable bonds is 3. The molecule has 98 valence electrons. The van der Waals surface area contributed by atoms with Crippen LogP contribution < -0.4 is 5.32 Å². The van der Waals surface area contributed by atoms with Gasteiger partial charge in [0.15, 0.2) is 0 Å². The fourth-order valence-electron chi connectivity index (χ4n) is 1.17. The molecule has 0 aromatic heterocycles. The predicted octanol–water partition coefficient (Wildman–Crippen LogP) is 2.29. The molecule has 0 atom stereocenters. The molecule has 2 N–H and O–H groups in total. The fourth-order valence-corrected chi connectivity index (χ4v) is 1.27. The summed E-state index contributed by atoms with van der Waals surface area (Å²) in [5, 5.41) is 12.3. The number of aromatic hydroxyl groups is 1. The van der Waals surface area contributed by atoms with E-state index in [0.717, 1.165) is 0 Å². The Bertz CT molecular complexity index is 479. The highest BCUT2D eigenvalue weighted by atomic mass is 79.9. The Hall–Kier alpha value is -1.56. The maximum Gasteiger partial charge on any atom is 0.341 e. The number of phenolic OH excluding ortho intramolecular Hbond substituents is 1. The van der Waals surface area contributed by atoms with Crippen molar-refractivity contribution in [2.45, 2.75) is 18.2 Å². The van der Waals surface area contributed by atoms with E-state index >= 15 is 0 Å². The lowest BCUT2D eigenvalue weighted by molar-refractivity contribution is -0.117. The highest BCUT2D eigenvalue weighted by molar-refractivity contribution is 9.10.